The Hall–Kier alpha value is -1.34. The van der Waals surface area contributed by atoms with E-state index in [1.54, 1.807) is 6.20 Å². The van der Waals surface area contributed by atoms with Crippen LogP contribution in [-0.2, 0) is 6.54 Å². The summed E-state index contributed by atoms with van der Waals surface area (Å²) in [5, 5.41) is 11.0. The number of nitrogens with one attached hydrogen (secondary N) is 1. The SMILES string of the molecule is Fc1cc(F)c(-n2nncc2CNC2CC2)c(Br)c1. The average Bonchev–Trinajstić information content (AvgIpc) is 3.06. The van der Waals surface area contributed by atoms with Crippen molar-refractivity contribution in [1.82, 2.24) is 20.3 Å². The van der Waals surface area contributed by atoms with Crippen molar-refractivity contribution in [3.63, 3.8) is 0 Å². The fraction of sp³-hybridized carbons (Fsp3) is 0.333. The third kappa shape index (κ3) is 2.66. The second-order valence-corrected chi connectivity index (χ2v) is 5.36. The van der Waals surface area contributed by atoms with E-state index in [1.807, 2.05) is 0 Å². The lowest BCUT2D eigenvalue weighted by Crippen LogP contribution is -2.18. The van der Waals surface area contributed by atoms with E-state index in [0.717, 1.165) is 24.6 Å². The Morgan fingerprint density at radius 2 is 2.16 bits per heavy atom. The molecule has 1 heterocycles. The first-order chi connectivity index (χ1) is 9.15. The maximum Gasteiger partial charge on any atom is 0.153 e. The van der Waals surface area contributed by atoms with E-state index in [9.17, 15) is 8.78 Å². The molecule has 0 atom stereocenters. The maximum atomic E-state index is 13.9. The summed E-state index contributed by atoms with van der Waals surface area (Å²) in [5.74, 6) is -1.31. The van der Waals surface area contributed by atoms with Gasteiger partial charge >= 0.3 is 0 Å². The van der Waals surface area contributed by atoms with Gasteiger partial charge in [0.1, 0.15) is 11.5 Å². The molecule has 0 spiro atoms. The lowest BCUT2D eigenvalue weighted by atomic mass is 10.3. The highest BCUT2D eigenvalue weighted by molar-refractivity contribution is 9.10. The molecule has 1 saturated carbocycles. The van der Waals surface area contributed by atoms with Gasteiger partial charge in [0.15, 0.2) is 5.82 Å². The van der Waals surface area contributed by atoms with Crippen LogP contribution in [-0.4, -0.2) is 21.0 Å². The van der Waals surface area contributed by atoms with Crippen molar-refractivity contribution in [2.75, 3.05) is 0 Å². The summed E-state index contributed by atoms with van der Waals surface area (Å²) in [7, 11) is 0. The van der Waals surface area contributed by atoms with Crippen molar-refractivity contribution in [2.45, 2.75) is 25.4 Å². The van der Waals surface area contributed by atoms with Crippen molar-refractivity contribution in [3.05, 3.63) is 40.1 Å². The van der Waals surface area contributed by atoms with Crippen LogP contribution >= 0.6 is 15.9 Å². The number of rotatable bonds is 4. The van der Waals surface area contributed by atoms with Crippen LogP contribution in [0.4, 0.5) is 8.78 Å². The van der Waals surface area contributed by atoms with Crippen LogP contribution < -0.4 is 5.32 Å². The van der Waals surface area contributed by atoms with Gasteiger partial charge in [0.05, 0.1) is 11.9 Å². The summed E-state index contributed by atoms with van der Waals surface area (Å²) in [6.45, 7) is 0.556. The predicted octanol–water partition coefficient (Wildman–Crippen LogP) is 2.56. The molecule has 2 aromatic rings. The Bertz CT molecular complexity index is 587. The standard InChI is InChI=1S/C12H11BrF2N4/c13-10-3-7(14)4-11(15)12(10)19-9(6-17-18-19)5-16-8-1-2-8/h3-4,6,8,16H,1-2,5H2. The molecule has 0 bridgehead atoms. The average molecular weight is 329 g/mol. The Labute approximate surface area is 116 Å². The summed E-state index contributed by atoms with van der Waals surface area (Å²) in [5.41, 5.74) is 0.907. The van der Waals surface area contributed by atoms with E-state index in [2.05, 4.69) is 31.6 Å². The van der Waals surface area contributed by atoms with Crippen LogP contribution in [0.5, 0.6) is 0 Å². The Kier molecular flexibility index (Phi) is 3.32. The molecule has 1 aliphatic carbocycles. The summed E-state index contributed by atoms with van der Waals surface area (Å²) in [6, 6.07) is 2.57. The number of nitrogens with zero attached hydrogens (tertiary/aromatic N) is 3. The molecule has 19 heavy (non-hydrogen) atoms. The molecule has 7 heteroatoms. The Morgan fingerprint density at radius 1 is 1.37 bits per heavy atom. The van der Waals surface area contributed by atoms with Gasteiger partial charge in [-0.3, -0.25) is 0 Å². The fourth-order valence-electron chi connectivity index (χ4n) is 1.84. The minimum atomic E-state index is -0.676. The van der Waals surface area contributed by atoms with E-state index in [-0.39, 0.29) is 5.69 Å². The minimum Gasteiger partial charge on any atom is -0.308 e. The summed E-state index contributed by atoms with van der Waals surface area (Å²) >= 11 is 3.16. The summed E-state index contributed by atoms with van der Waals surface area (Å²) in [6.07, 6.45) is 3.90. The normalized spacial score (nSPS) is 14.9. The van der Waals surface area contributed by atoms with Gasteiger partial charge in [0.2, 0.25) is 0 Å². The zero-order valence-electron chi connectivity index (χ0n) is 9.91. The quantitative estimate of drug-likeness (QED) is 0.938. The first kappa shape index (κ1) is 12.7. The molecule has 0 amide bonds. The van der Waals surface area contributed by atoms with Crippen LogP contribution in [0.3, 0.4) is 0 Å². The van der Waals surface area contributed by atoms with Crippen molar-refractivity contribution in [2.24, 2.45) is 0 Å². The first-order valence-electron chi connectivity index (χ1n) is 5.93. The van der Waals surface area contributed by atoms with Crippen LogP contribution in [0.2, 0.25) is 0 Å². The highest BCUT2D eigenvalue weighted by Gasteiger charge is 2.22. The number of hydrogen-bond acceptors (Lipinski definition) is 3. The molecule has 1 aliphatic rings. The van der Waals surface area contributed by atoms with Gasteiger partial charge in [-0.15, -0.1) is 5.10 Å². The largest absolute Gasteiger partial charge is 0.308 e. The molecule has 100 valence electrons. The second-order valence-electron chi connectivity index (χ2n) is 4.51. The molecule has 0 radical (unpaired) electrons. The topological polar surface area (TPSA) is 42.7 Å². The first-order valence-corrected chi connectivity index (χ1v) is 6.72. The maximum absolute atomic E-state index is 13.9. The molecule has 1 aromatic heterocycles. The molecular formula is C12H11BrF2N4. The lowest BCUT2D eigenvalue weighted by molar-refractivity contribution is 0.563. The monoisotopic (exact) mass is 328 g/mol. The smallest absolute Gasteiger partial charge is 0.153 e. The molecule has 3 rings (SSSR count). The van der Waals surface area contributed by atoms with E-state index in [0.29, 0.717) is 17.1 Å². The van der Waals surface area contributed by atoms with E-state index < -0.39 is 11.6 Å². The lowest BCUT2D eigenvalue weighted by Gasteiger charge is -2.10. The number of hydrogen-bond donors (Lipinski definition) is 1. The number of aromatic nitrogens is 3. The van der Waals surface area contributed by atoms with Gasteiger partial charge in [0.25, 0.3) is 0 Å². The molecular weight excluding hydrogens is 318 g/mol. The van der Waals surface area contributed by atoms with Crippen molar-refractivity contribution in [3.8, 4) is 5.69 Å². The van der Waals surface area contributed by atoms with Crippen LogP contribution in [0.15, 0.2) is 22.8 Å². The summed E-state index contributed by atoms with van der Waals surface area (Å²) in [4.78, 5) is 0. The summed E-state index contributed by atoms with van der Waals surface area (Å²) < 4.78 is 28.7. The van der Waals surface area contributed by atoms with E-state index in [4.69, 9.17) is 0 Å². The zero-order valence-corrected chi connectivity index (χ0v) is 11.5. The molecule has 4 nitrogen and oxygen atoms in total. The third-order valence-electron chi connectivity index (χ3n) is 2.96. The van der Waals surface area contributed by atoms with E-state index in [1.165, 1.54) is 10.7 Å². The van der Waals surface area contributed by atoms with Gasteiger partial charge in [0, 0.05) is 23.1 Å². The highest BCUT2D eigenvalue weighted by atomic mass is 79.9. The fourth-order valence-corrected chi connectivity index (χ4v) is 2.41. The van der Waals surface area contributed by atoms with Crippen LogP contribution in [0.1, 0.15) is 18.5 Å². The van der Waals surface area contributed by atoms with Gasteiger partial charge in [-0.1, -0.05) is 5.21 Å². The van der Waals surface area contributed by atoms with E-state index >= 15 is 0 Å². The zero-order chi connectivity index (χ0) is 13.4. The minimum absolute atomic E-state index is 0.173. The van der Waals surface area contributed by atoms with Gasteiger partial charge in [-0.2, -0.15) is 0 Å². The Balaban J connectivity index is 1.95. The molecule has 0 saturated heterocycles. The van der Waals surface area contributed by atoms with Gasteiger partial charge < -0.3 is 5.32 Å². The predicted molar refractivity (Wildman–Crippen MR) is 68.8 cm³/mol. The van der Waals surface area contributed by atoms with Crippen LogP contribution in [0.25, 0.3) is 5.69 Å². The second kappa shape index (κ2) is 4.97. The molecule has 0 aliphatic heterocycles. The van der Waals surface area contributed by atoms with Gasteiger partial charge in [-0.05, 0) is 34.8 Å². The van der Waals surface area contributed by atoms with Gasteiger partial charge in [-0.25, -0.2) is 13.5 Å². The third-order valence-corrected chi connectivity index (χ3v) is 3.57. The van der Waals surface area contributed by atoms with Crippen molar-refractivity contribution in [1.29, 1.82) is 0 Å². The number of halogens is 3. The molecule has 0 unspecified atom stereocenters. The molecule has 1 N–H and O–H groups in total. The number of benzene rings is 1. The highest BCUT2D eigenvalue weighted by Crippen LogP contribution is 2.26. The molecule has 1 aromatic carbocycles. The van der Waals surface area contributed by atoms with Crippen molar-refractivity contribution >= 4 is 15.9 Å². The Morgan fingerprint density at radius 3 is 2.84 bits per heavy atom. The molecule has 1 fully saturated rings. The van der Waals surface area contributed by atoms with Crippen molar-refractivity contribution < 1.29 is 8.78 Å². The van der Waals surface area contributed by atoms with Crippen LogP contribution in [0, 0.1) is 11.6 Å².